The number of nitrogens with zero attached hydrogens (tertiary/aromatic N) is 2. The minimum Gasteiger partial charge on any atom is -0.508 e. The van der Waals surface area contributed by atoms with E-state index < -0.39 is 22.1 Å². The molecule has 0 spiro atoms. The summed E-state index contributed by atoms with van der Waals surface area (Å²) in [6.07, 6.45) is 3.36. The van der Waals surface area contributed by atoms with Crippen LogP contribution in [0.25, 0.3) is 10.8 Å². The molecule has 4 rings (SSSR count). The third kappa shape index (κ3) is 4.38. The second-order valence-electron chi connectivity index (χ2n) is 8.25. The first-order chi connectivity index (χ1) is 14.8. The molecule has 2 fully saturated rings. The molecule has 9 heteroatoms. The van der Waals surface area contributed by atoms with E-state index in [1.807, 2.05) is 0 Å². The lowest BCUT2D eigenvalue weighted by Gasteiger charge is -2.32. The summed E-state index contributed by atoms with van der Waals surface area (Å²) in [6.45, 7) is 3.46. The minimum atomic E-state index is -3.95. The highest BCUT2D eigenvalue weighted by Gasteiger charge is 2.40. The Morgan fingerprint density at radius 1 is 1.06 bits per heavy atom. The van der Waals surface area contributed by atoms with Crippen LogP contribution in [-0.2, 0) is 19.6 Å². The number of rotatable bonds is 5. The zero-order chi connectivity index (χ0) is 22.2. The van der Waals surface area contributed by atoms with E-state index in [1.165, 1.54) is 29.2 Å². The molecule has 2 aromatic carbocycles. The van der Waals surface area contributed by atoms with E-state index >= 15 is 0 Å². The number of sulfonamides is 1. The number of amides is 2. The van der Waals surface area contributed by atoms with Gasteiger partial charge in [-0.05, 0) is 67.6 Å². The van der Waals surface area contributed by atoms with Crippen molar-refractivity contribution in [2.45, 2.75) is 49.6 Å². The van der Waals surface area contributed by atoms with Gasteiger partial charge in [-0.3, -0.25) is 9.59 Å². The topological polar surface area (TPSA) is 107 Å². The summed E-state index contributed by atoms with van der Waals surface area (Å²) < 4.78 is 28.3. The van der Waals surface area contributed by atoms with Gasteiger partial charge in [0.2, 0.25) is 21.8 Å². The van der Waals surface area contributed by atoms with Crippen molar-refractivity contribution in [2.24, 2.45) is 0 Å². The van der Waals surface area contributed by atoms with Crippen molar-refractivity contribution in [3.05, 3.63) is 36.4 Å². The van der Waals surface area contributed by atoms with Crippen molar-refractivity contribution < 1.29 is 23.1 Å². The van der Waals surface area contributed by atoms with Crippen molar-refractivity contribution in [3.8, 4) is 5.75 Å². The number of piperidine rings is 1. The number of phenolic OH excluding ortho intramolecular Hbond substituents is 1. The highest BCUT2D eigenvalue weighted by atomic mass is 32.2. The molecule has 2 atom stereocenters. The Morgan fingerprint density at radius 3 is 2.52 bits per heavy atom. The first kappa shape index (κ1) is 21.6. The smallest absolute Gasteiger partial charge is 0.245 e. The van der Waals surface area contributed by atoms with Gasteiger partial charge in [-0.15, -0.1) is 0 Å². The second-order valence-corrected chi connectivity index (χ2v) is 9.96. The third-order valence-corrected chi connectivity index (χ3v) is 7.60. The van der Waals surface area contributed by atoms with Crippen molar-refractivity contribution in [3.63, 3.8) is 0 Å². The number of carbonyl (C=O) groups excluding carboxylic acids is 2. The van der Waals surface area contributed by atoms with E-state index in [9.17, 15) is 23.1 Å². The number of aromatic hydroxyl groups is 1. The molecule has 2 aliphatic heterocycles. The van der Waals surface area contributed by atoms with Crippen LogP contribution in [0.5, 0.6) is 5.75 Å². The Morgan fingerprint density at radius 2 is 1.77 bits per heavy atom. The van der Waals surface area contributed by atoms with Crippen LogP contribution in [0.2, 0.25) is 0 Å². The summed E-state index contributed by atoms with van der Waals surface area (Å²) in [5.74, 6) is -0.408. The van der Waals surface area contributed by atoms with E-state index in [0.29, 0.717) is 31.4 Å². The molecule has 2 amide bonds. The van der Waals surface area contributed by atoms with Crippen LogP contribution < -0.4 is 4.72 Å². The zero-order valence-electron chi connectivity index (χ0n) is 17.5. The van der Waals surface area contributed by atoms with E-state index in [2.05, 4.69) is 4.72 Å². The van der Waals surface area contributed by atoms with Gasteiger partial charge in [-0.25, -0.2) is 8.42 Å². The van der Waals surface area contributed by atoms with Crippen molar-refractivity contribution in [1.82, 2.24) is 14.5 Å². The van der Waals surface area contributed by atoms with E-state index in [-0.39, 0.29) is 22.5 Å². The van der Waals surface area contributed by atoms with E-state index in [4.69, 9.17) is 0 Å². The maximum atomic E-state index is 12.9. The van der Waals surface area contributed by atoms with Crippen LogP contribution in [0.1, 0.15) is 32.6 Å². The van der Waals surface area contributed by atoms with Crippen molar-refractivity contribution in [2.75, 3.05) is 19.6 Å². The molecular weight excluding hydrogens is 418 g/mol. The molecule has 2 saturated heterocycles. The summed E-state index contributed by atoms with van der Waals surface area (Å²) in [4.78, 5) is 29.0. The number of hydrogen-bond donors (Lipinski definition) is 2. The van der Waals surface area contributed by atoms with Crippen LogP contribution >= 0.6 is 0 Å². The van der Waals surface area contributed by atoms with Crippen LogP contribution in [0.15, 0.2) is 41.3 Å². The first-order valence-corrected chi connectivity index (χ1v) is 12.1. The number of benzene rings is 2. The molecule has 0 bridgehead atoms. The fourth-order valence-corrected chi connectivity index (χ4v) is 5.60. The van der Waals surface area contributed by atoms with Crippen molar-refractivity contribution >= 4 is 32.6 Å². The van der Waals surface area contributed by atoms with E-state index in [0.717, 1.165) is 24.6 Å². The Hall–Kier alpha value is -2.65. The van der Waals surface area contributed by atoms with Gasteiger partial charge < -0.3 is 14.9 Å². The number of carbonyl (C=O) groups is 2. The van der Waals surface area contributed by atoms with Gasteiger partial charge in [-0.2, -0.15) is 4.72 Å². The molecule has 0 aromatic heterocycles. The monoisotopic (exact) mass is 445 g/mol. The molecule has 2 aromatic rings. The van der Waals surface area contributed by atoms with Crippen molar-refractivity contribution in [1.29, 1.82) is 0 Å². The number of nitrogens with one attached hydrogen (secondary N) is 1. The van der Waals surface area contributed by atoms with Gasteiger partial charge in [0, 0.05) is 19.6 Å². The second kappa shape index (κ2) is 8.47. The molecule has 0 aliphatic carbocycles. The van der Waals surface area contributed by atoms with Crippen LogP contribution in [0, 0.1) is 0 Å². The molecule has 0 unspecified atom stereocenters. The summed E-state index contributed by atoms with van der Waals surface area (Å²) in [6, 6.07) is 7.82. The number of fused-ring (bicyclic) bond motifs is 1. The minimum absolute atomic E-state index is 0.0225. The average molecular weight is 446 g/mol. The van der Waals surface area contributed by atoms with Crippen LogP contribution in [-0.4, -0.2) is 66.9 Å². The lowest BCUT2D eigenvalue weighted by molar-refractivity contribution is -0.143. The molecular formula is C22H27N3O5S. The lowest BCUT2D eigenvalue weighted by Crippen LogP contribution is -2.51. The zero-order valence-corrected chi connectivity index (χ0v) is 18.3. The summed E-state index contributed by atoms with van der Waals surface area (Å²) >= 11 is 0. The molecule has 2 N–H and O–H groups in total. The van der Waals surface area contributed by atoms with E-state index in [1.54, 1.807) is 24.0 Å². The standard InChI is InChI=1S/C22H27N3O5S/c1-15(21(27)24-10-3-2-4-11-24)25-12-9-20(22(25)28)23-31(29,30)19-8-6-16-5-7-18(26)13-17(16)14-19/h5-8,13-15,20,23,26H,2-4,9-12H2,1H3/t15-,20-/m0/s1. The summed E-state index contributed by atoms with van der Waals surface area (Å²) in [5.41, 5.74) is 0. The van der Waals surface area contributed by atoms with Crippen LogP contribution in [0.3, 0.4) is 0 Å². The quantitative estimate of drug-likeness (QED) is 0.730. The third-order valence-electron chi connectivity index (χ3n) is 6.14. The van der Waals surface area contributed by atoms with Gasteiger partial charge in [-0.1, -0.05) is 12.1 Å². The number of likely N-dealkylation sites (tertiary alicyclic amines) is 2. The molecule has 2 heterocycles. The Bertz CT molecular complexity index is 1110. The lowest BCUT2D eigenvalue weighted by atomic mass is 10.1. The molecule has 0 saturated carbocycles. The van der Waals surface area contributed by atoms with Gasteiger partial charge in [0.25, 0.3) is 0 Å². The molecule has 31 heavy (non-hydrogen) atoms. The van der Waals surface area contributed by atoms with Gasteiger partial charge in [0.15, 0.2) is 0 Å². The molecule has 2 aliphatic rings. The Labute approximate surface area is 181 Å². The SMILES string of the molecule is C[C@@H](C(=O)N1CCCCC1)N1CC[C@H](NS(=O)(=O)c2ccc3ccc(O)cc3c2)C1=O. The molecule has 166 valence electrons. The first-order valence-electron chi connectivity index (χ1n) is 10.6. The highest BCUT2D eigenvalue weighted by molar-refractivity contribution is 7.89. The number of phenols is 1. The predicted molar refractivity (Wildman–Crippen MR) is 116 cm³/mol. The summed E-state index contributed by atoms with van der Waals surface area (Å²) in [5, 5.41) is 11.0. The van der Waals surface area contributed by atoms with Gasteiger partial charge >= 0.3 is 0 Å². The number of hydrogen-bond acceptors (Lipinski definition) is 5. The molecule has 0 radical (unpaired) electrons. The average Bonchev–Trinajstić information content (AvgIpc) is 3.12. The van der Waals surface area contributed by atoms with Crippen LogP contribution in [0.4, 0.5) is 0 Å². The maximum absolute atomic E-state index is 12.9. The van der Waals surface area contributed by atoms with Gasteiger partial charge in [0.1, 0.15) is 17.8 Å². The largest absolute Gasteiger partial charge is 0.508 e. The predicted octanol–water partition coefficient (Wildman–Crippen LogP) is 1.83. The fourth-order valence-electron chi connectivity index (χ4n) is 4.34. The summed E-state index contributed by atoms with van der Waals surface area (Å²) in [7, 11) is -3.95. The fraction of sp³-hybridized carbons (Fsp3) is 0.455. The highest BCUT2D eigenvalue weighted by Crippen LogP contribution is 2.24. The van der Waals surface area contributed by atoms with Gasteiger partial charge in [0.05, 0.1) is 4.90 Å². The maximum Gasteiger partial charge on any atom is 0.245 e. The molecule has 8 nitrogen and oxygen atoms in total. The normalized spacial score (nSPS) is 20.9. The Kier molecular flexibility index (Phi) is 5.90. The Balaban J connectivity index is 1.47.